The van der Waals surface area contributed by atoms with E-state index in [2.05, 4.69) is 43.6 Å². The number of rotatable bonds is 6. The third kappa shape index (κ3) is 3.35. The van der Waals surface area contributed by atoms with Gasteiger partial charge in [-0.15, -0.1) is 0 Å². The summed E-state index contributed by atoms with van der Waals surface area (Å²) in [5, 5.41) is 3.52. The molecule has 100 valence electrons. The molecule has 0 bridgehead atoms. The second-order valence-electron chi connectivity index (χ2n) is 5.66. The molecule has 1 aliphatic rings. The van der Waals surface area contributed by atoms with E-state index in [4.69, 9.17) is 0 Å². The first-order chi connectivity index (χ1) is 8.85. The Bertz CT molecular complexity index is 335. The summed E-state index contributed by atoms with van der Waals surface area (Å²) in [6.07, 6.45) is 9.42. The van der Waals surface area contributed by atoms with Crippen molar-refractivity contribution in [3.63, 3.8) is 0 Å². The van der Waals surface area contributed by atoms with E-state index < -0.39 is 0 Å². The topological polar surface area (TPSA) is 12.0 Å². The Labute approximate surface area is 112 Å². The highest BCUT2D eigenvalue weighted by atomic mass is 14.9. The molecule has 1 aromatic carbocycles. The van der Waals surface area contributed by atoms with Gasteiger partial charge in [-0.2, -0.15) is 0 Å². The highest BCUT2D eigenvalue weighted by Crippen LogP contribution is 2.35. The molecule has 0 amide bonds. The van der Waals surface area contributed by atoms with E-state index in [0.717, 1.165) is 5.92 Å². The molecule has 1 fully saturated rings. The monoisotopic (exact) mass is 245 g/mol. The first-order valence-corrected chi connectivity index (χ1v) is 7.61. The third-order valence-corrected chi connectivity index (χ3v) is 4.34. The zero-order chi connectivity index (χ0) is 12.8. The van der Waals surface area contributed by atoms with Crippen molar-refractivity contribution >= 4 is 0 Å². The quantitative estimate of drug-likeness (QED) is 0.779. The van der Waals surface area contributed by atoms with Crippen LogP contribution in [0.5, 0.6) is 0 Å². The van der Waals surface area contributed by atoms with Crippen LogP contribution >= 0.6 is 0 Å². The predicted molar refractivity (Wildman–Crippen MR) is 78.8 cm³/mol. The molecule has 0 aliphatic heterocycles. The second kappa shape index (κ2) is 6.94. The van der Waals surface area contributed by atoms with Crippen LogP contribution in [0.4, 0.5) is 0 Å². The largest absolute Gasteiger partial charge is 0.313 e. The van der Waals surface area contributed by atoms with Crippen LogP contribution in [-0.4, -0.2) is 7.05 Å². The van der Waals surface area contributed by atoms with Gasteiger partial charge in [-0.3, -0.25) is 0 Å². The van der Waals surface area contributed by atoms with Crippen LogP contribution < -0.4 is 5.32 Å². The summed E-state index contributed by atoms with van der Waals surface area (Å²) >= 11 is 0. The number of hydrogen-bond acceptors (Lipinski definition) is 1. The van der Waals surface area contributed by atoms with Gasteiger partial charge in [-0.05, 0) is 49.8 Å². The molecule has 1 saturated carbocycles. The lowest BCUT2D eigenvalue weighted by molar-refractivity contribution is 0.390. The van der Waals surface area contributed by atoms with Crippen molar-refractivity contribution < 1.29 is 0 Å². The third-order valence-electron chi connectivity index (χ3n) is 4.34. The van der Waals surface area contributed by atoms with Gasteiger partial charge in [0.15, 0.2) is 0 Å². The minimum atomic E-state index is 0.563. The highest BCUT2D eigenvalue weighted by molar-refractivity contribution is 5.25. The highest BCUT2D eigenvalue weighted by Gasteiger charge is 2.24. The molecule has 1 N–H and O–H groups in total. The van der Waals surface area contributed by atoms with Crippen LogP contribution in [-0.2, 0) is 6.42 Å². The summed E-state index contributed by atoms with van der Waals surface area (Å²) in [5.41, 5.74) is 2.96. The number of benzene rings is 1. The van der Waals surface area contributed by atoms with Crippen molar-refractivity contribution in [3.05, 3.63) is 35.4 Å². The molecular weight excluding hydrogens is 218 g/mol. The average Bonchev–Trinajstić information content (AvgIpc) is 2.93. The van der Waals surface area contributed by atoms with Crippen molar-refractivity contribution in [1.29, 1.82) is 0 Å². The van der Waals surface area contributed by atoms with E-state index in [1.165, 1.54) is 56.1 Å². The molecular formula is C17H27N. The summed E-state index contributed by atoms with van der Waals surface area (Å²) in [7, 11) is 2.11. The van der Waals surface area contributed by atoms with E-state index in [1.807, 2.05) is 0 Å². The summed E-state index contributed by atoms with van der Waals surface area (Å²) in [6, 6.07) is 9.89. The molecule has 1 atom stereocenters. The van der Waals surface area contributed by atoms with Crippen molar-refractivity contribution in [2.75, 3.05) is 7.05 Å². The van der Waals surface area contributed by atoms with Crippen molar-refractivity contribution in [2.24, 2.45) is 5.92 Å². The first kappa shape index (κ1) is 13.6. The Morgan fingerprint density at radius 1 is 1.17 bits per heavy atom. The Morgan fingerprint density at radius 3 is 2.39 bits per heavy atom. The number of unbranched alkanes of at least 4 members (excludes halogenated alkanes) is 1. The number of aryl methyl sites for hydroxylation is 1. The number of hydrogen-bond donors (Lipinski definition) is 1. The van der Waals surface area contributed by atoms with E-state index >= 15 is 0 Å². The Balaban J connectivity index is 2.02. The standard InChI is InChI=1S/C17H27N/c1-3-4-7-14-10-12-16(13-11-14)17(18-2)15-8-5-6-9-15/h10-13,15,17-18H,3-9H2,1-2H3. The van der Waals surface area contributed by atoms with Gasteiger partial charge in [0.25, 0.3) is 0 Å². The Kier molecular flexibility index (Phi) is 5.25. The normalized spacial score (nSPS) is 18.1. The summed E-state index contributed by atoms with van der Waals surface area (Å²) in [4.78, 5) is 0. The summed E-state index contributed by atoms with van der Waals surface area (Å²) in [6.45, 7) is 2.26. The van der Waals surface area contributed by atoms with Gasteiger partial charge >= 0.3 is 0 Å². The van der Waals surface area contributed by atoms with Crippen LogP contribution in [0.2, 0.25) is 0 Å². The van der Waals surface area contributed by atoms with E-state index in [1.54, 1.807) is 0 Å². The van der Waals surface area contributed by atoms with E-state index in [9.17, 15) is 0 Å². The molecule has 1 unspecified atom stereocenters. The average molecular weight is 245 g/mol. The number of nitrogens with one attached hydrogen (secondary N) is 1. The fourth-order valence-electron chi connectivity index (χ4n) is 3.24. The van der Waals surface area contributed by atoms with E-state index in [-0.39, 0.29) is 0 Å². The zero-order valence-electron chi connectivity index (χ0n) is 11.9. The minimum Gasteiger partial charge on any atom is -0.313 e. The Hall–Kier alpha value is -0.820. The maximum atomic E-state index is 3.52. The molecule has 1 aromatic rings. The van der Waals surface area contributed by atoms with Crippen LogP contribution in [0.15, 0.2) is 24.3 Å². The van der Waals surface area contributed by atoms with Crippen molar-refractivity contribution in [3.8, 4) is 0 Å². The van der Waals surface area contributed by atoms with Crippen molar-refractivity contribution in [1.82, 2.24) is 5.32 Å². The first-order valence-electron chi connectivity index (χ1n) is 7.61. The molecule has 0 aromatic heterocycles. The lowest BCUT2D eigenvalue weighted by Crippen LogP contribution is -2.23. The van der Waals surface area contributed by atoms with Gasteiger partial charge in [0, 0.05) is 6.04 Å². The lowest BCUT2D eigenvalue weighted by Gasteiger charge is -2.23. The summed E-state index contributed by atoms with van der Waals surface area (Å²) in [5.74, 6) is 0.844. The minimum absolute atomic E-state index is 0.563. The molecule has 0 heterocycles. The fourth-order valence-corrected chi connectivity index (χ4v) is 3.24. The van der Waals surface area contributed by atoms with Crippen LogP contribution in [0.25, 0.3) is 0 Å². The second-order valence-corrected chi connectivity index (χ2v) is 5.66. The maximum Gasteiger partial charge on any atom is 0.0346 e. The van der Waals surface area contributed by atoms with Crippen LogP contribution in [0.3, 0.4) is 0 Å². The molecule has 2 rings (SSSR count). The van der Waals surface area contributed by atoms with Crippen LogP contribution in [0.1, 0.15) is 62.6 Å². The van der Waals surface area contributed by atoms with E-state index in [0.29, 0.717) is 6.04 Å². The van der Waals surface area contributed by atoms with Gasteiger partial charge < -0.3 is 5.32 Å². The molecule has 1 aliphatic carbocycles. The Morgan fingerprint density at radius 2 is 1.83 bits per heavy atom. The molecule has 0 saturated heterocycles. The predicted octanol–water partition coefficient (Wildman–Crippen LogP) is 4.48. The lowest BCUT2D eigenvalue weighted by atomic mass is 9.91. The van der Waals surface area contributed by atoms with Gasteiger partial charge in [0.05, 0.1) is 0 Å². The fraction of sp³-hybridized carbons (Fsp3) is 0.647. The van der Waals surface area contributed by atoms with Crippen LogP contribution in [0, 0.1) is 5.92 Å². The molecule has 1 nitrogen and oxygen atoms in total. The summed E-state index contributed by atoms with van der Waals surface area (Å²) < 4.78 is 0. The van der Waals surface area contributed by atoms with Gasteiger partial charge in [-0.1, -0.05) is 50.5 Å². The zero-order valence-corrected chi connectivity index (χ0v) is 11.9. The molecule has 18 heavy (non-hydrogen) atoms. The molecule has 0 radical (unpaired) electrons. The van der Waals surface area contributed by atoms with Gasteiger partial charge in [-0.25, -0.2) is 0 Å². The van der Waals surface area contributed by atoms with Crippen molar-refractivity contribution in [2.45, 2.75) is 57.9 Å². The maximum absolute atomic E-state index is 3.52. The smallest absolute Gasteiger partial charge is 0.0346 e. The molecule has 0 spiro atoms. The van der Waals surface area contributed by atoms with Gasteiger partial charge in [0.1, 0.15) is 0 Å². The SMILES string of the molecule is CCCCc1ccc(C(NC)C2CCCC2)cc1. The molecule has 1 heteroatoms. The van der Waals surface area contributed by atoms with Gasteiger partial charge in [0.2, 0.25) is 0 Å².